The summed E-state index contributed by atoms with van der Waals surface area (Å²) >= 11 is 0. The number of unbranched alkanes of at least 4 members (excludes halogenated alkanes) is 2. The largest absolute Gasteiger partial charge is 0.508 e. The zero-order valence-corrected chi connectivity index (χ0v) is 23.0. The van der Waals surface area contributed by atoms with E-state index in [0.717, 1.165) is 36.0 Å². The zero-order chi connectivity index (χ0) is 28.1. The van der Waals surface area contributed by atoms with Gasteiger partial charge in [0.15, 0.2) is 6.73 Å². The molecule has 0 radical (unpaired) electrons. The molecule has 0 aliphatic carbocycles. The number of phenols is 1. The maximum absolute atomic E-state index is 12.2. The van der Waals surface area contributed by atoms with Crippen molar-refractivity contribution in [2.45, 2.75) is 63.2 Å². The standard InChI is InChI=1S/C29H37N3O6S/c1-2-3-4-19-37-27(23-12-14-25(33)15-13-23)9-5-8-26(39(34,35)36)16-10-22-11-17-28-24(20-22)7-6-18-31-29(30)32-21-38-28/h5,9,11-15,17,20,26-27,33H,2-4,7-8,10,16,19,21H2,1H3,(H3,30,31,32)(H,34,35,36). The first-order valence-corrected chi connectivity index (χ1v) is 14.6. The van der Waals surface area contributed by atoms with Crippen LogP contribution in [0.15, 0.2) is 59.6 Å². The molecule has 5 N–H and O–H groups in total. The molecule has 0 amide bonds. The lowest BCUT2D eigenvalue weighted by molar-refractivity contribution is 0.0819. The van der Waals surface area contributed by atoms with Gasteiger partial charge in [-0.3, -0.25) is 4.55 Å². The van der Waals surface area contributed by atoms with Crippen LogP contribution < -0.4 is 15.8 Å². The number of rotatable bonds is 13. The van der Waals surface area contributed by atoms with Crippen molar-refractivity contribution in [3.63, 3.8) is 0 Å². The van der Waals surface area contributed by atoms with Crippen molar-refractivity contribution in [1.82, 2.24) is 5.32 Å². The van der Waals surface area contributed by atoms with Crippen LogP contribution in [-0.4, -0.2) is 42.6 Å². The average molecular weight is 556 g/mol. The first-order chi connectivity index (χ1) is 18.8. The summed E-state index contributed by atoms with van der Waals surface area (Å²) in [5.41, 5.74) is 8.28. The van der Waals surface area contributed by atoms with Gasteiger partial charge in [-0.05, 0) is 55.0 Å². The molecule has 39 heavy (non-hydrogen) atoms. The number of allylic oxidation sites excluding steroid dienone is 1. The van der Waals surface area contributed by atoms with Crippen LogP contribution >= 0.6 is 0 Å². The molecule has 0 bridgehead atoms. The number of phenolic OH excluding ortho intramolecular Hbond substituents is 1. The molecule has 2 unspecified atom stereocenters. The van der Waals surface area contributed by atoms with E-state index in [4.69, 9.17) is 15.2 Å². The lowest BCUT2D eigenvalue weighted by atomic mass is 10.0. The van der Waals surface area contributed by atoms with E-state index in [0.29, 0.717) is 25.2 Å². The summed E-state index contributed by atoms with van der Waals surface area (Å²) in [6.07, 6.45) is 7.43. The molecule has 10 heteroatoms. The fourth-order valence-corrected chi connectivity index (χ4v) is 4.86. The highest BCUT2D eigenvalue weighted by Crippen LogP contribution is 2.25. The lowest BCUT2D eigenvalue weighted by Gasteiger charge is -2.17. The van der Waals surface area contributed by atoms with Crippen LogP contribution in [0.3, 0.4) is 0 Å². The third kappa shape index (κ3) is 10.3. The van der Waals surface area contributed by atoms with Gasteiger partial charge in [-0.2, -0.15) is 13.4 Å². The van der Waals surface area contributed by atoms with Gasteiger partial charge in [-0.1, -0.05) is 62.1 Å². The number of nitrogens with zero attached hydrogens (tertiary/aromatic N) is 1. The number of ether oxygens (including phenoxy) is 2. The molecule has 1 aliphatic heterocycles. The number of nitrogens with two attached hydrogens (primary N) is 1. The number of fused-ring (bicyclic) bond motifs is 1. The number of nitrogens with one attached hydrogen (secondary N) is 1. The highest BCUT2D eigenvalue weighted by molar-refractivity contribution is 7.86. The summed E-state index contributed by atoms with van der Waals surface area (Å²) in [6, 6.07) is 15.0. The van der Waals surface area contributed by atoms with Crippen LogP contribution in [0.25, 0.3) is 0 Å². The van der Waals surface area contributed by atoms with Gasteiger partial charge in [0.2, 0.25) is 5.96 Å². The third-order valence-corrected chi connectivity index (χ3v) is 7.56. The number of hydrogen-bond donors (Lipinski definition) is 4. The number of aromatic hydroxyl groups is 1. The molecule has 0 saturated carbocycles. The van der Waals surface area contributed by atoms with Crippen molar-refractivity contribution < 1.29 is 27.6 Å². The molecule has 0 aromatic heterocycles. The molecule has 1 heterocycles. The van der Waals surface area contributed by atoms with Gasteiger partial charge in [0.1, 0.15) is 17.6 Å². The molecule has 2 atom stereocenters. The van der Waals surface area contributed by atoms with Gasteiger partial charge in [0, 0.05) is 24.6 Å². The Morgan fingerprint density at radius 2 is 2.03 bits per heavy atom. The van der Waals surface area contributed by atoms with Gasteiger partial charge in [0.25, 0.3) is 10.1 Å². The minimum atomic E-state index is -4.28. The molecule has 2 aromatic carbocycles. The summed E-state index contributed by atoms with van der Waals surface area (Å²) in [4.78, 5) is 3.88. The van der Waals surface area contributed by atoms with Crippen molar-refractivity contribution in [2.75, 3.05) is 13.3 Å². The van der Waals surface area contributed by atoms with Crippen molar-refractivity contribution >= 4 is 16.1 Å². The minimum Gasteiger partial charge on any atom is -0.508 e. The minimum absolute atomic E-state index is 0.135. The Kier molecular flexibility index (Phi) is 11.7. The van der Waals surface area contributed by atoms with E-state index >= 15 is 0 Å². The van der Waals surface area contributed by atoms with Crippen molar-refractivity contribution in [3.8, 4) is 23.5 Å². The normalized spacial score (nSPS) is 15.2. The molecule has 210 valence electrons. The van der Waals surface area contributed by atoms with Crippen LogP contribution in [-0.2, 0) is 27.7 Å². The van der Waals surface area contributed by atoms with Gasteiger partial charge in [-0.25, -0.2) is 0 Å². The van der Waals surface area contributed by atoms with Gasteiger partial charge < -0.3 is 25.6 Å². The van der Waals surface area contributed by atoms with Crippen molar-refractivity contribution in [3.05, 3.63) is 71.3 Å². The van der Waals surface area contributed by atoms with Crippen LogP contribution in [0.1, 0.15) is 61.8 Å². The Balaban J connectivity index is 1.67. The van der Waals surface area contributed by atoms with E-state index in [2.05, 4.69) is 29.2 Å². The second-order valence-electron chi connectivity index (χ2n) is 9.30. The smallest absolute Gasteiger partial charge is 0.268 e. The monoisotopic (exact) mass is 555 g/mol. The van der Waals surface area contributed by atoms with E-state index in [1.807, 2.05) is 24.3 Å². The average Bonchev–Trinajstić information content (AvgIpc) is 2.90. The zero-order valence-electron chi connectivity index (χ0n) is 22.2. The summed E-state index contributed by atoms with van der Waals surface area (Å²) in [6.45, 7) is 2.83. The van der Waals surface area contributed by atoms with Gasteiger partial charge >= 0.3 is 0 Å². The third-order valence-electron chi connectivity index (χ3n) is 6.29. The number of hydrogen-bond acceptors (Lipinski definition) is 8. The van der Waals surface area contributed by atoms with E-state index in [1.165, 1.54) is 0 Å². The first-order valence-electron chi connectivity index (χ1n) is 13.1. The fourth-order valence-electron chi connectivity index (χ4n) is 4.09. The molecular weight excluding hydrogens is 518 g/mol. The molecule has 0 fully saturated rings. The highest BCUT2D eigenvalue weighted by Gasteiger charge is 2.22. The first kappa shape index (κ1) is 30.0. The molecule has 3 rings (SSSR count). The van der Waals surface area contributed by atoms with Crippen molar-refractivity contribution in [1.29, 1.82) is 0 Å². The Morgan fingerprint density at radius 1 is 1.23 bits per heavy atom. The lowest BCUT2D eigenvalue weighted by Crippen LogP contribution is -2.34. The van der Waals surface area contributed by atoms with Crippen LogP contribution in [0.2, 0.25) is 0 Å². The maximum atomic E-state index is 12.2. The Bertz CT molecular complexity index is 1300. The summed E-state index contributed by atoms with van der Waals surface area (Å²) in [7, 11) is -4.28. The summed E-state index contributed by atoms with van der Waals surface area (Å²) in [5, 5.41) is 11.5. The van der Waals surface area contributed by atoms with Gasteiger partial charge in [0.05, 0.1) is 5.25 Å². The molecule has 0 saturated heterocycles. The predicted octanol–water partition coefficient (Wildman–Crippen LogP) is 4.23. The fraction of sp³-hybridized carbons (Fsp3) is 0.414. The molecule has 1 aliphatic rings. The Hall–Kier alpha value is -3.52. The van der Waals surface area contributed by atoms with Crippen LogP contribution in [0.4, 0.5) is 0 Å². The quantitative estimate of drug-likeness (QED) is 0.124. The molecule has 2 aromatic rings. The number of aliphatic imine (C=N–C) groups is 1. The van der Waals surface area contributed by atoms with E-state index < -0.39 is 15.4 Å². The van der Waals surface area contributed by atoms with E-state index in [-0.39, 0.29) is 37.4 Å². The second-order valence-corrected chi connectivity index (χ2v) is 11.0. The Labute approximate surface area is 230 Å². The Morgan fingerprint density at radius 3 is 2.77 bits per heavy atom. The predicted molar refractivity (Wildman–Crippen MR) is 152 cm³/mol. The topological polar surface area (TPSA) is 143 Å². The SMILES string of the molecule is CCCCCOC(C=CCC(CCc1ccc2c(c1)CC#CN=C(N)NCO2)S(=O)(=O)O)c1ccc(O)cc1. The summed E-state index contributed by atoms with van der Waals surface area (Å²) in [5.74, 6) is 3.93. The van der Waals surface area contributed by atoms with E-state index in [1.54, 1.807) is 30.3 Å². The van der Waals surface area contributed by atoms with Crippen LogP contribution in [0, 0.1) is 12.0 Å². The molecule has 9 nitrogen and oxygen atoms in total. The van der Waals surface area contributed by atoms with Crippen LogP contribution in [0.5, 0.6) is 11.5 Å². The maximum Gasteiger partial charge on any atom is 0.268 e. The second kappa shape index (κ2) is 15.2. The number of benzene rings is 2. The van der Waals surface area contributed by atoms with Crippen molar-refractivity contribution in [2.24, 2.45) is 10.7 Å². The summed E-state index contributed by atoms with van der Waals surface area (Å²) < 4.78 is 46.1. The number of aryl methyl sites for hydroxylation is 1. The van der Waals surface area contributed by atoms with Gasteiger partial charge in [-0.15, -0.1) is 0 Å². The molecule has 0 spiro atoms. The van der Waals surface area contributed by atoms with E-state index in [9.17, 15) is 18.1 Å². The number of guanidine groups is 1. The highest BCUT2D eigenvalue weighted by atomic mass is 32.2. The molecular formula is C29H37N3O6S.